The number of nitrogens with one attached hydrogen (secondary N) is 1. The predicted molar refractivity (Wildman–Crippen MR) is 82.5 cm³/mol. The van der Waals surface area contributed by atoms with Gasteiger partial charge in [0.2, 0.25) is 0 Å². The summed E-state index contributed by atoms with van der Waals surface area (Å²) in [6.45, 7) is 7.48. The largest absolute Gasteiger partial charge is 0.378 e. The summed E-state index contributed by atoms with van der Waals surface area (Å²) in [5.41, 5.74) is 0.755. The Morgan fingerprint density at radius 1 is 1.52 bits per heavy atom. The zero-order chi connectivity index (χ0) is 15.6. The highest BCUT2D eigenvalue weighted by atomic mass is 35.5. The number of nitrogens with zero attached hydrogens (tertiary/aromatic N) is 1. The number of nitro benzene ring substituents is 1. The normalized spacial score (nSPS) is 23.6. The summed E-state index contributed by atoms with van der Waals surface area (Å²) in [5.74, 6) is 0. The third-order valence-electron chi connectivity index (χ3n) is 4.33. The minimum atomic E-state index is -0.391. The Morgan fingerprint density at radius 3 is 2.81 bits per heavy atom. The molecular weight excluding hydrogens is 292 g/mol. The van der Waals surface area contributed by atoms with Crippen LogP contribution in [0, 0.1) is 15.5 Å². The van der Waals surface area contributed by atoms with Crippen molar-refractivity contribution in [1.29, 1.82) is 0 Å². The van der Waals surface area contributed by atoms with Gasteiger partial charge in [-0.25, -0.2) is 0 Å². The molecule has 0 spiro atoms. The van der Waals surface area contributed by atoms with Crippen LogP contribution in [0.15, 0.2) is 18.2 Å². The Balaban J connectivity index is 2.00. The lowest BCUT2D eigenvalue weighted by Crippen LogP contribution is -2.60. The molecule has 1 N–H and O–H groups in total. The molecule has 0 aliphatic heterocycles. The van der Waals surface area contributed by atoms with Gasteiger partial charge >= 0.3 is 0 Å². The van der Waals surface area contributed by atoms with Crippen LogP contribution in [0.4, 0.5) is 5.69 Å². The number of nitro groups is 1. The van der Waals surface area contributed by atoms with E-state index in [9.17, 15) is 10.1 Å². The molecule has 1 fully saturated rings. The second kappa shape index (κ2) is 6.30. The molecule has 5 nitrogen and oxygen atoms in total. The van der Waals surface area contributed by atoms with Gasteiger partial charge in [0, 0.05) is 41.3 Å². The maximum atomic E-state index is 11.1. The van der Waals surface area contributed by atoms with E-state index >= 15 is 0 Å². The van der Waals surface area contributed by atoms with Crippen molar-refractivity contribution in [2.75, 3.05) is 6.61 Å². The van der Waals surface area contributed by atoms with Crippen molar-refractivity contribution in [2.45, 2.75) is 45.9 Å². The van der Waals surface area contributed by atoms with E-state index in [1.165, 1.54) is 6.07 Å². The van der Waals surface area contributed by atoms with E-state index in [0.717, 1.165) is 6.42 Å². The lowest BCUT2D eigenvalue weighted by Gasteiger charge is -2.52. The van der Waals surface area contributed by atoms with Crippen LogP contribution in [-0.2, 0) is 11.3 Å². The zero-order valence-electron chi connectivity index (χ0n) is 12.6. The molecule has 0 heterocycles. The van der Waals surface area contributed by atoms with Crippen LogP contribution in [-0.4, -0.2) is 23.7 Å². The fraction of sp³-hybridized carbons (Fsp3) is 0.600. The first-order valence-electron chi connectivity index (χ1n) is 7.14. The van der Waals surface area contributed by atoms with Crippen molar-refractivity contribution in [3.05, 3.63) is 38.9 Å². The predicted octanol–water partition coefficient (Wildman–Crippen LogP) is 3.54. The molecule has 1 aromatic carbocycles. The van der Waals surface area contributed by atoms with Gasteiger partial charge in [0.25, 0.3) is 5.69 Å². The van der Waals surface area contributed by atoms with Gasteiger partial charge in [-0.1, -0.05) is 25.4 Å². The van der Waals surface area contributed by atoms with Gasteiger partial charge in [0.05, 0.1) is 11.0 Å². The topological polar surface area (TPSA) is 64.4 Å². The average Bonchev–Trinajstić information content (AvgIpc) is 2.43. The number of hydrogen-bond donors (Lipinski definition) is 1. The third kappa shape index (κ3) is 3.36. The lowest BCUT2D eigenvalue weighted by atomic mass is 9.64. The maximum absolute atomic E-state index is 11.1. The fourth-order valence-corrected chi connectivity index (χ4v) is 2.97. The van der Waals surface area contributed by atoms with Crippen molar-refractivity contribution in [3.8, 4) is 0 Å². The van der Waals surface area contributed by atoms with Crippen LogP contribution in [0.2, 0.25) is 5.02 Å². The van der Waals surface area contributed by atoms with E-state index < -0.39 is 4.92 Å². The van der Waals surface area contributed by atoms with E-state index in [-0.39, 0.29) is 17.2 Å². The van der Waals surface area contributed by atoms with Gasteiger partial charge in [-0.05, 0) is 25.5 Å². The summed E-state index contributed by atoms with van der Waals surface area (Å²) in [6.07, 6.45) is 1.18. The van der Waals surface area contributed by atoms with Crippen LogP contribution in [0.5, 0.6) is 0 Å². The van der Waals surface area contributed by atoms with Crippen molar-refractivity contribution in [1.82, 2.24) is 5.32 Å². The molecule has 1 aromatic rings. The van der Waals surface area contributed by atoms with Crippen molar-refractivity contribution >= 4 is 17.3 Å². The van der Waals surface area contributed by atoms with Gasteiger partial charge < -0.3 is 10.1 Å². The molecular formula is C15H21ClN2O3. The van der Waals surface area contributed by atoms with E-state index in [2.05, 4.69) is 19.2 Å². The molecule has 6 heteroatoms. The van der Waals surface area contributed by atoms with Crippen LogP contribution in [0.1, 0.15) is 32.8 Å². The summed E-state index contributed by atoms with van der Waals surface area (Å²) in [7, 11) is 0. The summed E-state index contributed by atoms with van der Waals surface area (Å²) >= 11 is 5.82. The van der Waals surface area contributed by atoms with E-state index in [4.69, 9.17) is 16.3 Å². The molecule has 0 saturated heterocycles. The Hall–Kier alpha value is -1.17. The smallest absolute Gasteiger partial charge is 0.275 e. The summed E-state index contributed by atoms with van der Waals surface area (Å²) < 4.78 is 5.69. The second-order valence-corrected chi connectivity index (χ2v) is 6.40. The monoisotopic (exact) mass is 312 g/mol. The van der Waals surface area contributed by atoms with Crippen LogP contribution in [0.3, 0.4) is 0 Å². The Kier molecular flexibility index (Phi) is 4.86. The van der Waals surface area contributed by atoms with Gasteiger partial charge in [-0.2, -0.15) is 0 Å². The van der Waals surface area contributed by atoms with Crippen LogP contribution >= 0.6 is 11.6 Å². The molecule has 2 rings (SSSR count). The average molecular weight is 313 g/mol. The summed E-state index contributed by atoms with van der Waals surface area (Å²) in [5, 5.41) is 14.8. The van der Waals surface area contributed by atoms with Gasteiger partial charge in [-0.3, -0.25) is 10.1 Å². The van der Waals surface area contributed by atoms with Gasteiger partial charge in [0.1, 0.15) is 0 Å². The molecule has 0 bridgehead atoms. The Bertz CT molecular complexity index is 534. The first kappa shape index (κ1) is 16.2. The van der Waals surface area contributed by atoms with Crippen LogP contribution < -0.4 is 5.32 Å². The molecule has 116 valence electrons. The van der Waals surface area contributed by atoms with Gasteiger partial charge in [-0.15, -0.1) is 0 Å². The number of halogens is 1. The number of ether oxygens (including phenoxy) is 1. The van der Waals surface area contributed by atoms with Crippen LogP contribution in [0.25, 0.3) is 0 Å². The highest BCUT2D eigenvalue weighted by Crippen LogP contribution is 2.43. The SMILES string of the molecule is CCOC1CC(NCc2ccc(Cl)cc2[N+](=O)[O-])C1(C)C. The van der Waals surface area contributed by atoms with E-state index in [1.807, 2.05) is 6.92 Å². The quantitative estimate of drug-likeness (QED) is 0.644. The second-order valence-electron chi connectivity index (χ2n) is 5.96. The number of hydrogen-bond acceptors (Lipinski definition) is 4. The highest BCUT2D eigenvalue weighted by Gasteiger charge is 2.48. The van der Waals surface area contributed by atoms with Gasteiger partial charge in [0.15, 0.2) is 0 Å². The summed E-state index contributed by atoms with van der Waals surface area (Å²) in [6, 6.07) is 5.08. The lowest BCUT2D eigenvalue weighted by molar-refractivity contribution is -0.385. The summed E-state index contributed by atoms with van der Waals surface area (Å²) in [4.78, 5) is 10.7. The minimum absolute atomic E-state index is 0.0389. The third-order valence-corrected chi connectivity index (χ3v) is 4.56. The molecule has 2 unspecified atom stereocenters. The maximum Gasteiger partial charge on any atom is 0.275 e. The fourth-order valence-electron chi connectivity index (χ4n) is 2.81. The Morgan fingerprint density at radius 2 is 2.24 bits per heavy atom. The van der Waals surface area contributed by atoms with E-state index in [1.54, 1.807) is 12.1 Å². The molecule has 21 heavy (non-hydrogen) atoms. The molecule has 1 aliphatic rings. The molecule has 1 saturated carbocycles. The Labute approximate surface area is 129 Å². The minimum Gasteiger partial charge on any atom is -0.378 e. The number of rotatable bonds is 6. The number of benzene rings is 1. The molecule has 0 radical (unpaired) electrons. The highest BCUT2D eigenvalue weighted by molar-refractivity contribution is 6.30. The van der Waals surface area contributed by atoms with Crippen molar-refractivity contribution in [3.63, 3.8) is 0 Å². The first-order valence-corrected chi connectivity index (χ1v) is 7.51. The molecule has 0 aromatic heterocycles. The zero-order valence-corrected chi connectivity index (χ0v) is 13.3. The molecule has 2 atom stereocenters. The standard InChI is InChI=1S/C15H21ClN2O3/c1-4-21-14-8-13(15(14,2)3)17-9-10-5-6-11(16)7-12(10)18(19)20/h5-7,13-14,17H,4,8-9H2,1-3H3. The first-order chi connectivity index (χ1) is 9.86. The molecule has 0 amide bonds. The van der Waals surface area contributed by atoms with E-state index in [0.29, 0.717) is 29.8 Å². The molecule has 1 aliphatic carbocycles. The van der Waals surface area contributed by atoms with Crippen molar-refractivity contribution < 1.29 is 9.66 Å². The van der Waals surface area contributed by atoms with Crippen molar-refractivity contribution in [2.24, 2.45) is 5.41 Å².